The molecule has 5 aromatic heterocycles. The van der Waals surface area contributed by atoms with E-state index in [9.17, 15) is 4.79 Å². The van der Waals surface area contributed by atoms with E-state index in [1.54, 1.807) is 18.6 Å². The van der Waals surface area contributed by atoms with Crippen molar-refractivity contribution in [2.75, 3.05) is 56.5 Å². The number of aromatic amines is 2. The van der Waals surface area contributed by atoms with Crippen LogP contribution in [0.3, 0.4) is 0 Å². The highest BCUT2D eigenvalue weighted by Gasteiger charge is 2.20. The van der Waals surface area contributed by atoms with Crippen molar-refractivity contribution in [2.24, 2.45) is 5.92 Å². The number of nitrogens with zero attached hydrogens (tertiary/aromatic N) is 6. The first-order chi connectivity index (χ1) is 20.1. The molecular weight excluding hydrogens is 516 g/mol. The fraction of sp³-hybridized carbons (Fsp3) is 0.367. The van der Waals surface area contributed by atoms with Gasteiger partial charge in [0, 0.05) is 67.0 Å². The van der Waals surface area contributed by atoms with E-state index < -0.39 is 0 Å². The molecule has 7 rings (SSSR count). The predicted octanol–water partition coefficient (Wildman–Crippen LogP) is 3.64. The summed E-state index contributed by atoms with van der Waals surface area (Å²) in [5.41, 5.74) is 6.85. The number of hydrogen-bond acceptors (Lipinski definition) is 8. The third-order valence-electron chi connectivity index (χ3n) is 8.31. The summed E-state index contributed by atoms with van der Waals surface area (Å²) >= 11 is 0. The molecular formula is C30H34N10O. The molecule has 1 amide bonds. The van der Waals surface area contributed by atoms with Crippen molar-refractivity contribution in [3.05, 3.63) is 49.1 Å². The number of piperidine rings is 1. The number of likely N-dealkylation sites (N-methyl/N-ethyl adjacent to an activating group) is 1. The number of carbonyl (C=O) groups is 1. The highest BCUT2D eigenvalue weighted by Crippen LogP contribution is 2.34. The Kier molecular flexibility index (Phi) is 6.81. The number of piperazine rings is 1. The highest BCUT2D eigenvalue weighted by molar-refractivity contribution is 5.99. The molecule has 0 aliphatic carbocycles. The number of carbonyl (C=O) groups excluding carboxylic acids is 1. The van der Waals surface area contributed by atoms with Crippen LogP contribution in [0.15, 0.2) is 49.1 Å². The molecule has 5 aromatic rings. The molecule has 7 heterocycles. The van der Waals surface area contributed by atoms with E-state index in [0.29, 0.717) is 18.0 Å². The topological polar surface area (TPSA) is 131 Å². The van der Waals surface area contributed by atoms with Crippen molar-refractivity contribution >= 4 is 39.2 Å². The summed E-state index contributed by atoms with van der Waals surface area (Å²) in [6.07, 6.45) is 9.71. The van der Waals surface area contributed by atoms with Crippen molar-refractivity contribution in [1.29, 1.82) is 0 Å². The van der Waals surface area contributed by atoms with Crippen molar-refractivity contribution in [3.63, 3.8) is 0 Å². The lowest BCUT2D eigenvalue weighted by Crippen LogP contribution is -2.44. The van der Waals surface area contributed by atoms with E-state index in [-0.39, 0.29) is 5.91 Å². The zero-order valence-electron chi connectivity index (χ0n) is 23.2. The van der Waals surface area contributed by atoms with Gasteiger partial charge in [0.1, 0.15) is 11.3 Å². The summed E-state index contributed by atoms with van der Waals surface area (Å²) in [5, 5.41) is 16.2. The molecule has 11 nitrogen and oxygen atoms in total. The lowest BCUT2D eigenvalue weighted by molar-refractivity contribution is -0.117. The van der Waals surface area contributed by atoms with E-state index in [4.69, 9.17) is 0 Å². The minimum absolute atomic E-state index is 0.0275. The van der Waals surface area contributed by atoms with Crippen molar-refractivity contribution < 1.29 is 4.79 Å². The average molecular weight is 551 g/mol. The SMILES string of the molecule is CN1CCN(c2ccnc3[nH]c(-c4n[nH]c5cnc(-c6cncc(NC(=O)CC7CCNCC7)c6)cc45)cc23)CC1. The van der Waals surface area contributed by atoms with Crippen LogP contribution in [0.5, 0.6) is 0 Å². The monoisotopic (exact) mass is 550 g/mol. The van der Waals surface area contributed by atoms with Crippen LogP contribution in [-0.4, -0.2) is 87.3 Å². The molecule has 0 spiro atoms. The van der Waals surface area contributed by atoms with Gasteiger partial charge >= 0.3 is 0 Å². The summed E-state index contributed by atoms with van der Waals surface area (Å²) in [4.78, 5) is 34.6. The van der Waals surface area contributed by atoms with E-state index in [0.717, 1.165) is 96.7 Å². The van der Waals surface area contributed by atoms with Gasteiger partial charge in [-0.3, -0.25) is 19.9 Å². The molecule has 2 aliphatic heterocycles. The van der Waals surface area contributed by atoms with Gasteiger partial charge in [0.25, 0.3) is 0 Å². The third-order valence-corrected chi connectivity index (χ3v) is 8.31. The Morgan fingerprint density at radius 1 is 1.02 bits per heavy atom. The number of rotatable bonds is 6. The first-order valence-electron chi connectivity index (χ1n) is 14.3. The van der Waals surface area contributed by atoms with Gasteiger partial charge < -0.3 is 25.4 Å². The number of nitrogens with one attached hydrogen (secondary N) is 4. The molecule has 2 aliphatic rings. The molecule has 210 valence electrons. The third kappa shape index (κ3) is 5.25. The molecule has 0 atom stereocenters. The van der Waals surface area contributed by atoms with Crippen LogP contribution < -0.4 is 15.5 Å². The average Bonchev–Trinajstić information content (AvgIpc) is 3.62. The summed E-state index contributed by atoms with van der Waals surface area (Å²) in [7, 11) is 2.16. The molecule has 0 unspecified atom stereocenters. The zero-order valence-corrected chi connectivity index (χ0v) is 23.2. The van der Waals surface area contributed by atoms with Gasteiger partial charge in [0.05, 0.1) is 35.0 Å². The summed E-state index contributed by atoms with van der Waals surface area (Å²) in [6.45, 7) is 6.01. The summed E-state index contributed by atoms with van der Waals surface area (Å²) in [5.74, 6) is 0.452. The van der Waals surface area contributed by atoms with Gasteiger partial charge in [-0.2, -0.15) is 5.10 Å². The standard InChI is InChI=1S/C30H34N10O/c1-39-8-10-40(11-9-39)27-4-7-33-30-23(27)15-25(36-30)29-22-14-24(34-18-26(22)37-38-29)20-13-21(17-32-16-20)35-28(41)12-19-2-5-31-6-3-19/h4,7,13-19,31H,2-3,5-6,8-12H2,1H3,(H,33,36)(H,35,41)(H,37,38). The Bertz CT molecular complexity index is 1690. The molecule has 0 aromatic carbocycles. The Morgan fingerprint density at radius 3 is 2.73 bits per heavy atom. The predicted molar refractivity (Wildman–Crippen MR) is 161 cm³/mol. The minimum atomic E-state index is 0.0275. The lowest BCUT2D eigenvalue weighted by atomic mass is 9.94. The fourth-order valence-corrected chi connectivity index (χ4v) is 5.95. The van der Waals surface area contributed by atoms with Crippen LogP contribution in [-0.2, 0) is 4.79 Å². The Balaban J connectivity index is 1.16. The highest BCUT2D eigenvalue weighted by atomic mass is 16.1. The van der Waals surface area contributed by atoms with Gasteiger partial charge in [0.15, 0.2) is 0 Å². The van der Waals surface area contributed by atoms with E-state index >= 15 is 0 Å². The number of pyridine rings is 3. The minimum Gasteiger partial charge on any atom is -0.368 e. The molecule has 0 bridgehead atoms. The second-order valence-corrected chi connectivity index (χ2v) is 11.2. The van der Waals surface area contributed by atoms with Crippen LogP contribution in [0.4, 0.5) is 11.4 Å². The molecule has 4 N–H and O–H groups in total. The molecule has 11 heteroatoms. The number of fused-ring (bicyclic) bond motifs is 2. The molecule has 2 fully saturated rings. The second kappa shape index (κ2) is 10.9. The van der Waals surface area contributed by atoms with E-state index in [2.05, 4.69) is 69.7 Å². The number of anilines is 2. The maximum absolute atomic E-state index is 12.7. The normalized spacial score (nSPS) is 17.0. The maximum Gasteiger partial charge on any atom is 0.224 e. The van der Waals surface area contributed by atoms with Gasteiger partial charge in [-0.25, -0.2) is 4.98 Å². The first-order valence-corrected chi connectivity index (χ1v) is 14.3. The van der Waals surface area contributed by atoms with Gasteiger partial charge in [-0.15, -0.1) is 0 Å². The van der Waals surface area contributed by atoms with Gasteiger partial charge in [-0.1, -0.05) is 0 Å². The molecule has 41 heavy (non-hydrogen) atoms. The van der Waals surface area contributed by atoms with Crippen molar-refractivity contribution in [2.45, 2.75) is 19.3 Å². The number of hydrogen-bond donors (Lipinski definition) is 4. The summed E-state index contributed by atoms with van der Waals surface area (Å²) in [6, 6.07) is 8.19. The first kappa shape index (κ1) is 25.6. The molecule has 0 saturated carbocycles. The number of H-pyrrole nitrogens is 2. The smallest absolute Gasteiger partial charge is 0.224 e. The van der Waals surface area contributed by atoms with Crippen LogP contribution in [0.1, 0.15) is 19.3 Å². The van der Waals surface area contributed by atoms with E-state index in [1.165, 1.54) is 5.69 Å². The van der Waals surface area contributed by atoms with Crippen LogP contribution in [0.2, 0.25) is 0 Å². The Morgan fingerprint density at radius 2 is 1.88 bits per heavy atom. The van der Waals surface area contributed by atoms with Crippen molar-refractivity contribution in [1.82, 2.24) is 40.3 Å². The van der Waals surface area contributed by atoms with Gasteiger partial charge in [-0.05, 0) is 63.2 Å². The molecule has 0 radical (unpaired) electrons. The quantitative estimate of drug-likeness (QED) is 0.252. The Labute approximate surface area is 237 Å². The van der Waals surface area contributed by atoms with E-state index in [1.807, 2.05) is 18.3 Å². The zero-order chi connectivity index (χ0) is 27.8. The largest absolute Gasteiger partial charge is 0.368 e. The Hall–Kier alpha value is -4.35. The van der Waals surface area contributed by atoms with Crippen LogP contribution in [0, 0.1) is 5.92 Å². The van der Waals surface area contributed by atoms with Crippen LogP contribution >= 0.6 is 0 Å². The molecule has 2 saturated heterocycles. The fourth-order valence-electron chi connectivity index (χ4n) is 5.95. The summed E-state index contributed by atoms with van der Waals surface area (Å²) < 4.78 is 0. The number of amides is 1. The number of aromatic nitrogens is 6. The van der Waals surface area contributed by atoms with Gasteiger partial charge in [0.2, 0.25) is 5.91 Å². The van der Waals surface area contributed by atoms with Crippen LogP contribution in [0.25, 0.3) is 44.6 Å². The van der Waals surface area contributed by atoms with Crippen molar-refractivity contribution in [3.8, 4) is 22.6 Å². The lowest BCUT2D eigenvalue weighted by Gasteiger charge is -2.34. The maximum atomic E-state index is 12.7. The second-order valence-electron chi connectivity index (χ2n) is 11.2.